The molecule has 1 N–H and O–H groups in total. The summed E-state index contributed by atoms with van der Waals surface area (Å²) in [7, 11) is 0. The zero-order valence-corrected chi connectivity index (χ0v) is 11.3. The highest BCUT2D eigenvalue weighted by Gasteiger charge is 2.14. The number of hydrogen-bond acceptors (Lipinski definition) is 4. The summed E-state index contributed by atoms with van der Waals surface area (Å²) in [6, 6.07) is 11.6. The van der Waals surface area contributed by atoms with E-state index in [0.717, 1.165) is 0 Å². The van der Waals surface area contributed by atoms with E-state index in [9.17, 15) is 10.1 Å². The minimum Gasteiger partial charge on any atom is -0.392 e. The Balaban J connectivity index is 2.34. The van der Waals surface area contributed by atoms with Crippen LogP contribution in [0.25, 0.3) is 0 Å². The average molecular weight is 296 g/mol. The molecule has 0 saturated heterocycles. The van der Waals surface area contributed by atoms with E-state index in [1.54, 1.807) is 36.4 Å². The van der Waals surface area contributed by atoms with E-state index >= 15 is 0 Å². The van der Waals surface area contributed by atoms with Crippen LogP contribution in [0.4, 0.5) is 5.69 Å². The van der Waals surface area contributed by atoms with Gasteiger partial charge in [-0.2, -0.15) is 0 Å². The van der Waals surface area contributed by atoms with Crippen LogP contribution >= 0.6 is 23.4 Å². The number of halogens is 1. The summed E-state index contributed by atoms with van der Waals surface area (Å²) < 4.78 is 0. The molecule has 0 atom stereocenters. The average Bonchev–Trinajstić information content (AvgIpc) is 2.41. The molecule has 0 aromatic heterocycles. The van der Waals surface area contributed by atoms with E-state index in [1.807, 2.05) is 0 Å². The monoisotopic (exact) mass is 295 g/mol. The molecule has 0 aliphatic rings. The predicted octanol–water partition coefficient (Wildman–Crippen LogP) is 3.89. The molecule has 2 aromatic rings. The van der Waals surface area contributed by atoms with Gasteiger partial charge in [-0.1, -0.05) is 41.6 Å². The third-order valence-corrected chi connectivity index (χ3v) is 4.03. The number of para-hydroxylation sites is 1. The molecule has 0 spiro atoms. The maximum atomic E-state index is 10.9. The van der Waals surface area contributed by atoms with Crippen molar-refractivity contribution in [2.75, 3.05) is 0 Å². The minimum absolute atomic E-state index is 0.0507. The second-order valence-corrected chi connectivity index (χ2v) is 5.24. The Hall–Kier alpha value is -1.56. The molecule has 6 heteroatoms. The van der Waals surface area contributed by atoms with E-state index in [1.165, 1.54) is 17.8 Å². The summed E-state index contributed by atoms with van der Waals surface area (Å²) >= 11 is 7.32. The molecule has 0 aliphatic carbocycles. The number of nitro benzene ring substituents is 1. The van der Waals surface area contributed by atoms with E-state index in [-0.39, 0.29) is 12.3 Å². The first-order chi connectivity index (χ1) is 9.11. The normalized spacial score (nSPS) is 10.4. The number of aliphatic hydroxyl groups is 1. The van der Waals surface area contributed by atoms with Gasteiger partial charge in [0, 0.05) is 11.0 Å². The van der Waals surface area contributed by atoms with Crippen LogP contribution in [0.5, 0.6) is 0 Å². The fraction of sp³-hybridized carbons (Fsp3) is 0.0769. The second-order valence-electron chi connectivity index (χ2n) is 3.75. The zero-order chi connectivity index (χ0) is 13.8. The van der Waals surface area contributed by atoms with E-state index in [4.69, 9.17) is 16.7 Å². The zero-order valence-electron chi connectivity index (χ0n) is 9.75. The number of aliphatic hydroxyl groups excluding tert-OH is 1. The number of nitrogens with zero attached hydrogens (tertiary/aromatic N) is 1. The quantitative estimate of drug-likeness (QED) is 0.686. The van der Waals surface area contributed by atoms with Crippen LogP contribution in [0.3, 0.4) is 0 Å². The first-order valence-electron chi connectivity index (χ1n) is 5.42. The molecular weight excluding hydrogens is 286 g/mol. The second kappa shape index (κ2) is 6.06. The van der Waals surface area contributed by atoms with Gasteiger partial charge in [-0.05, 0) is 23.8 Å². The lowest BCUT2D eigenvalue weighted by Crippen LogP contribution is -1.90. The van der Waals surface area contributed by atoms with Crippen molar-refractivity contribution in [1.29, 1.82) is 0 Å². The molecule has 0 fully saturated rings. The van der Waals surface area contributed by atoms with Crippen LogP contribution in [0.15, 0.2) is 52.3 Å². The summed E-state index contributed by atoms with van der Waals surface area (Å²) in [5.41, 5.74) is 0.756. The summed E-state index contributed by atoms with van der Waals surface area (Å²) in [5, 5.41) is 20.4. The molecule has 0 heterocycles. The Kier molecular flexibility index (Phi) is 4.42. The minimum atomic E-state index is -0.418. The standard InChI is InChI=1S/C13H10ClNO3S/c14-10-7-9(8-16)5-6-12(10)19-13-4-2-1-3-11(13)15(17)18/h1-7,16H,8H2. The van der Waals surface area contributed by atoms with Crippen LogP contribution in [-0.4, -0.2) is 10.0 Å². The lowest BCUT2D eigenvalue weighted by molar-refractivity contribution is -0.387. The van der Waals surface area contributed by atoms with Gasteiger partial charge in [0.2, 0.25) is 0 Å². The van der Waals surface area contributed by atoms with E-state index in [2.05, 4.69) is 0 Å². The van der Waals surface area contributed by atoms with Gasteiger partial charge in [-0.3, -0.25) is 10.1 Å². The first kappa shape index (κ1) is 13.9. The summed E-state index contributed by atoms with van der Waals surface area (Å²) in [5.74, 6) is 0. The molecule has 0 saturated carbocycles. The van der Waals surface area contributed by atoms with Gasteiger partial charge in [0.1, 0.15) is 0 Å². The van der Waals surface area contributed by atoms with E-state index in [0.29, 0.717) is 20.4 Å². The Morgan fingerprint density at radius 2 is 1.95 bits per heavy atom. The fourth-order valence-corrected chi connectivity index (χ4v) is 2.78. The van der Waals surface area contributed by atoms with Crippen molar-refractivity contribution in [3.63, 3.8) is 0 Å². The highest BCUT2D eigenvalue weighted by Crippen LogP contribution is 2.38. The molecule has 0 unspecified atom stereocenters. The fourth-order valence-electron chi connectivity index (χ4n) is 1.54. The molecule has 0 radical (unpaired) electrons. The molecule has 0 aliphatic heterocycles. The predicted molar refractivity (Wildman–Crippen MR) is 74.6 cm³/mol. The molecule has 98 valence electrons. The van der Waals surface area contributed by atoms with Crippen LogP contribution in [-0.2, 0) is 6.61 Å². The Bertz CT molecular complexity index is 619. The lowest BCUT2D eigenvalue weighted by atomic mass is 10.2. The molecule has 2 rings (SSSR count). The molecule has 2 aromatic carbocycles. The maximum absolute atomic E-state index is 10.9. The van der Waals surface area contributed by atoms with Crippen molar-refractivity contribution >= 4 is 29.1 Å². The van der Waals surface area contributed by atoms with Gasteiger partial charge in [-0.25, -0.2) is 0 Å². The lowest BCUT2D eigenvalue weighted by Gasteiger charge is -2.06. The molecule has 4 nitrogen and oxygen atoms in total. The number of rotatable bonds is 4. The van der Waals surface area contributed by atoms with Crippen molar-refractivity contribution in [2.24, 2.45) is 0 Å². The van der Waals surface area contributed by atoms with Gasteiger partial charge in [-0.15, -0.1) is 0 Å². The number of nitro groups is 1. The first-order valence-corrected chi connectivity index (χ1v) is 6.62. The molecule has 19 heavy (non-hydrogen) atoms. The van der Waals surface area contributed by atoms with Crippen molar-refractivity contribution in [3.8, 4) is 0 Å². The van der Waals surface area contributed by atoms with Gasteiger partial charge < -0.3 is 5.11 Å². The highest BCUT2D eigenvalue weighted by molar-refractivity contribution is 7.99. The van der Waals surface area contributed by atoms with Crippen LogP contribution in [0, 0.1) is 10.1 Å². The number of hydrogen-bond donors (Lipinski definition) is 1. The van der Waals surface area contributed by atoms with Crippen LogP contribution < -0.4 is 0 Å². The van der Waals surface area contributed by atoms with Gasteiger partial charge >= 0.3 is 0 Å². The Morgan fingerprint density at radius 3 is 2.58 bits per heavy atom. The summed E-state index contributed by atoms with van der Waals surface area (Å²) in [6.07, 6.45) is 0. The van der Waals surface area contributed by atoms with Crippen molar-refractivity contribution in [1.82, 2.24) is 0 Å². The summed E-state index contributed by atoms with van der Waals surface area (Å²) in [4.78, 5) is 11.8. The Labute approximate surface area is 119 Å². The van der Waals surface area contributed by atoms with E-state index < -0.39 is 4.92 Å². The van der Waals surface area contributed by atoms with Crippen molar-refractivity contribution in [2.45, 2.75) is 16.4 Å². The van der Waals surface area contributed by atoms with Gasteiger partial charge in [0.05, 0.1) is 21.4 Å². The third kappa shape index (κ3) is 3.26. The highest BCUT2D eigenvalue weighted by atomic mass is 35.5. The molecule has 0 amide bonds. The topological polar surface area (TPSA) is 63.4 Å². The summed E-state index contributed by atoms with van der Waals surface area (Å²) in [6.45, 7) is -0.0872. The van der Waals surface area contributed by atoms with Crippen molar-refractivity contribution < 1.29 is 10.0 Å². The smallest absolute Gasteiger partial charge is 0.283 e. The molecule has 0 bridgehead atoms. The Morgan fingerprint density at radius 1 is 1.21 bits per heavy atom. The van der Waals surface area contributed by atoms with Crippen molar-refractivity contribution in [3.05, 3.63) is 63.2 Å². The van der Waals surface area contributed by atoms with Gasteiger partial charge in [0.15, 0.2) is 0 Å². The van der Waals surface area contributed by atoms with Crippen LogP contribution in [0.1, 0.15) is 5.56 Å². The maximum Gasteiger partial charge on any atom is 0.283 e. The number of benzene rings is 2. The molecular formula is C13H10ClNO3S. The van der Waals surface area contributed by atoms with Gasteiger partial charge in [0.25, 0.3) is 5.69 Å². The SMILES string of the molecule is O=[N+]([O-])c1ccccc1Sc1ccc(CO)cc1Cl. The third-order valence-electron chi connectivity index (χ3n) is 2.46. The largest absolute Gasteiger partial charge is 0.392 e. The van der Waals surface area contributed by atoms with Crippen LogP contribution in [0.2, 0.25) is 5.02 Å².